The summed E-state index contributed by atoms with van der Waals surface area (Å²) in [6, 6.07) is 19.9. The number of nitrogens with one attached hydrogen (secondary N) is 2. The number of hydrogen-bond acceptors (Lipinski definition) is 3. The van der Waals surface area contributed by atoms with E-state index in [0.717, 1.165) is 23.3 Å². The number of amides is 2. The quantitative estimate of drug-likeness (QED) is 0.387. The van der Waals surface area contributed by atoms with Gasteiger partial charge >= 0.3 is 0 Å². The fraction of sp³-hybridized carbons (Fsp3) is 0.207. The summed E-state index contributed by atoms with van der Waals surface area (Å²) in [4.78, 5) is 37.6. The smallest absolute Gasteiger partial charge is 0.254 e. The molecule has 0 saturated heterocycles. The molecule has 0 aliphatic heterocycles. The van der Waals surface area contributed by atoms with Crippen molar-refractivity contribution in [2.75, 3.05) is 0 Å². The Morgan fingerprint density at radius 3 is 2.11 bits per heavy atom. The van der Waals surface area contributed by atoms with Crippen molar-refractivity contribution in [3.05, 3.63) is 119 Å². The van der Waals surface area contributed by atoms with Gasteiger partial charge < -0.3 is 10.6 Å². The molecule has 0 radical (unpaired) electrons. The van der Waals surface area contributed by atoms with Crippen LogP contribution in [-0.2, 0) is 22.4 Å². The third kappa shape index (κ3) is 8.27. The van der Waals surface area contributed by atoms with Gasteiger partial charge in [-0.25, -0.2) is 8.78 Å². The van der Waals surface area contributed by atoms with Crippen molar-refractivity contribution in [1.29, 1.82) is 0 Å². The second kappa shape index (κ2) is 13.1. The Kier molecular flexibility index (Phi) is 9.63. The molecule has 3 aromatic carbocycles. The summed E-state index contributed by atoms with van der Waals surface area (Å²) in [5.74, 6) is -3.29. The van der Waals surface area contributed by atoms with Gasteiger partial charge in [-0.2, -0.15) is 0 Å². The monoisotopic (exact) mass is 490 g/mol. The third-order valence-corrected chi connectivity index (χ3v) is 5.56. The number of ketones is 1. The molecule has 3 aromatic rings. The van der Waals surface area contributed by atoms with E-state index >= 15 is 0 Å². The van der Waals surface area contributed by atoms with Crippen molar-refractivity contribution in [2.45, 2.75) is 38.3 Å². The Balaban J connectivity index is 1.79. The predicted octanol–water partition coefficient (Wildman–Crippen LogP) is 4.57. The number of allylic oxidation sites excluding steroid dienone is 1. The Hall–Kier alpha value is -4.13. The van der Waals surface area contributed by atoms with Crippen molar-refractivity contribution in [2.24, 2.45) is 0 Å². The van der Waals surface area contributed by atoms with Gasteiger partial charge in [0.2, 0.25) is 5.91 Å². The van der Waals surface area contributed by atoms with E-state index in [2.05, 4.69) is 10.6 Å². The van der Waals surface area contributed by atoms with Crippen molar-refractivity contribution < 1.29 is 23.2 Å². The fourth-order valence-corrected chi connectivity index (χ4v) is 3.69. The summed E-state index contributed by atoms with van der Waals surface area (Å²) in [6.45, 7) is 1.42. The largest absolute Gasteiger partial charge is 0.348 e. The van der Waals surface area contributed by atoms with Crippen LogP contribution in [-0.4, -0.2) is 29.7 Å². The highest BCUT2D eigenvalue weighted by atomic mass is 19.1. The first-order valence-corrected chi connectivity index (χ1v) is 11.6. The van der Waals surface area contributed by atoms with Crippen molar-refractivity contribution in [3.8, 4) is 0 Å². The Bertz CT molecular complexity index is 1210. The normalized spacial score (nSPS) is 12.6. The number of halogens is 2. The number of carbonyl (C=O) groups is 3. The van der Waals surface area contributed by atoms with E-state index in [1.165, 1.54) is 13.0 Å². The lowest BCUT2D eigenvalue weighted by atomic mass is 10.0. The van der Waals surface area contributed by atoms with Crippen molar-refractivity contribution in [3.63, 3.8) is 0 Å². The molecule has 0 bridgehead atoms. The Morgan fingerprint density at radius 1 is 0.861 bits per heavy atom. The van der Waals surface area contributed by atoms with Crippen molar-refractivity contribution in [1.82, 2.24) is 10.6 Å². The molecule has 2 atom stereocenters. The second-order valence-corrected chi connectivity index (χ2v) is 8.45. The van der Waals surface area contributed by atoms with Crippen LogP contribution in [0.2, 0.25) is 0 Å². The van der Waals surface area contributed by atoms with Gasteiger partial charge in [-0.05, 0) is 49.1 Å². The van der Waals surface area contributed by atoms with Gasteiger partial charge in [0.15, 0.2) is 5.78 Å². The lowest BCUT2D eigenvalue weighted by Crippen LogP contribution is -2.50. The molecule has 0 aliphatic carbocycles. The van der Waals surface area contributed by atoms with Crippen LogP contribution in [0.5, 0.6) is 0 Å². The van der Waals surface area contributed by atoms with E-state index in [0.29, 0.717) is 18.9 Å². The molecule has 2 amide bonds. The first-order chi connectivity index (χ1) is 17.3. The standard InChI is InChI=1S/C29H28F2N2O3/c1-20(34)12-15-24(16-13-21-8-4-2-5-9-21)32-29(36)27(18-22-10-6-3-7-11-22)33-28(35)25-17-14-23(30)19-26(25)31/h2-12,14-15,17,19,24,27H,13,16,18H2,1H3,(H,32,36)(H,33,35)/b15-12+/t24-,27+/m1/s1. The van der Waals surface area contributed by atoms with Crippen molar-refractivity contribution >= 4 is 17.6 Å². The molecule has 3 rings (SSSR count). The molecular formula is C29H28F2N2O3. The van der Waals surface area contributed by atoms with Crippen LogP contribution in [0.25, 0.3) is 0 Å². The van der Waals surface area contributed by atoms with Gasteiger partial charge in [-0.15, -0.1) is 0 Å². The zero-order valence-electron chi connectivity index (χ0n) is 19.9. The van der Waals surface area contributed by atoms with Gasteiger partial charge in [-0.1, -0.05) is 66.7 Å². The summed E-state index contributed by atoms with van der Waals surface area (Å²) >= 11 is 0. The summed E-state index contributed by atoms with van der Waals surface area (Å²) in [6.07, 6.45) is 4.37. The van der Waals surface area contributed by atoms with Gasteiger partial charge in [-0.3, -0.25) is 14.4 Å². The number of hydrogen-bond donors (Lipinski definition) is 2. The summed E-state index contributed by atoms with van der Waals surface area (Å²) < 4.78 is 27.5. The third-order valence-electron chi connectivity index (χ3n) is 5.56. The first kappa shape index (κ1) is 26.5. The Morgan fingerprint density at radius 2 is 1.50 bits per heavy atom. The molecule has 0 unspecified atom stereocenters. The van der Waals surface area contributed by atoms with Crippen LogP contribution in [0.15, 0.2) is 91.0 Å². The molecule has 0 fully saturated rings. The van der Waals surface area contributed by atoms with Gasteiger partial charge in [0.1, 0.15) is 17.7 Å². The Labute approximate surface area is 209 Å². The average Bonchev–Trinajstić information content (AvgIpc) is 2.86. The average molecular weight is 491 g/mol. The van der Waals surface area contributed by atoms with Crippen LogP contribution in [0.3, 0.4) is 0 Å². The minimum atomic E-state index is -1.03. The lowest BCUT2D eigenvalue weighted by Gasteiger charge is -2.22. The highest BCUT2D eigenvalue weighted by Gasteiger charge is 2.25. The molecular weight excluding hydrogens is 462 g/mol. The maximum Gasteiger partial charge on any atom is 0.254 e. The van der Waals surface area contributed by atoms with E-state index in [9.17, 15) is 23.2 Å². The predicted molar refractivity (Wildman–Crippen MR) is 134 cm³/mol. The van der Waals surface area contributed by atoms with E-state index < -0.39 is 35.5 Å². The van der Waals surface area contributed by atoms with Gasteiger partial charge in [0, 0.05) is 18.5 Å². The summed E-state index contributed by atoms with van der Waals surface area (Å²) in [5.41, 5.74) is 1.51. The topological polar surface area (TPSA) is 75.3 Å². The molecule has 0 saturated carbocycles. The molecule has 0 spiro atoms. The maximum absolute atomic E-state index is 14.2. The highest BCUT2D eigenvalue weighted by Crippen LogP contribution is 2.12. The second-order valence-electron chi connectivity index (χ2n) is 8.45. The van der Waals surface area contributed by atoms with Gasteiger partial charge in [0.05, 0.1) is 5.56 Å². The molecule has 0 heterocycles. The molecule has 5 nitrogen and oxygen atoms in total. The fourth-order valence-electron chi connectivity index (χ4n) is 3.69. The maximum atomic E-state index is 14.2. The minimum Gasteiger partial charge on any atom is -0.348 e. The number of carbonyl (C=O) groups excluding carboxylic acids is 3. The number of rotatable bonds is 11. The molecule has 0 aromatic heterocycles. The molecule has 7 heteroatoms. The zero-order chi connectivity index (χ0) is 25.9. The van der Waals surface area contributed by atoms with Gasteiger partial charge in [0.25, 0.3) is 5.91 Å². The minimum absolute atomic E-state index is 0.156. The number of aryl methyl sites for hydroxylation is 1. The van der Waals surface area contributed by atoms with Crippen LogP contribution < -0.4 is 10.6 Å². The molecule has 36 heavy (non-hydrogen) atoms. The van der Waals surface area contributed by atoms with Crippen LogP contribution in [0.1, 0.15) is 34.8 Å². The first-order valence-electron chi connectivity index (χ1n) is 11.6. The summed E-state index contributed by atoms with van der Waals surface area (Å²) in [7, 11) is 0. The zero-order valence-corrected chi connectivity index (χ0v) is 19.9. The van der Waals surface area contributed by atoms with Crippen LogP contribution >= 0.6 is 0 Å². The highest BCUT2D eigenvalue weighted by molar-refractivity contribution is 5.98. The van der Waals surface area contributed by atoms with E-state index in [-0.39, 0.29) is 17.8 Å². The molecule has 0 aliphatic rings. The molecule has 186 valence electrons. The van der Waals surface area contributed by atoms with E-state index in [1.54, 1.807) is 6.08 Å². The van der Waals surface area contributed by atoms with E-state index in [1.807, 2.05) is 60.7 Å². The van der Waals surface area contributed by atoms with E-state index in [4.69, 9.17) is 0 Å². The lowest BCUT2D eigenvalue weighted by molar-refractivity contribution is -0.123. The SMILES string of the molecule is CC(=O)/C=C/[C@H](CCc1ccccc1)NC(=O)[C@H](Cc1ccccc1)NC(=O)c1ccc(F)cc1F. The number of benzene rings is 3. The van der Waals surface area contributed by atoms with Crippen LogP contribution in [0.4, 0.5) is 8.78 Å². The van der Waals surface area contributed by atoms with Crippen LogP contribution in [0, 0.1) is 11.6 Å². The summed E-state index contributed by atoms with van der Waals surface area (Å²) in [5, 5.41) is 5.48. The molecule has 2 N–H and O–H groups in total.